The summed E-state index contributed by atoms with van der Waals surface area (Å²) >= 11 is 0. The van der Waals surface area contributed by atoms with Crippen LogP contribution in [0.15, 0.2) is 53.8 Å². The maximum atomic E-state index is 14.4. The van der Waals surface area contributed by atoms with E-state index in [0.717, 1.165) is 28.8 Å². The van der Waals surface area contributed by atoms with Gasteiger partial charge in [0, 0.05) is 34.3 Å². The summed E-state index contributed by atoms with van der Waals surface area (Å²) in [7, 11) is -2.02. The molecule has 1 unspecified atom stereocenters. The van der Waals surface area contributed by atoms with Crippen molar-refractivity contribution in [3.05, 3.63) is 66.3 Å². The van der Waals surface area contributed by atoms with Crippen molar-refractivity contribution in [3.63, 3.8) is 0 Å². The molecule has 2 aromatic carbocycles. The van der Waals surface area contributed by atoms with Crippen molar-refractivity contribution in [2.75, 3.05) is 31.7 Å². The third-order valence-electron chi connectivity index (χ3n) is 6.28. The molecule has 11 heteroatoms. The van der Waals surface area contributed by atoms with Gasteiger partial charge in [0.1, 0.15) is 34.9 Å². The molecule has 3 heterocycles. The number of ether oxygens (including phenoxy) is 3. The molecule has 8 nitrogen and oxygen atoms in total. The molecule has 1 aliphatic rings. The van der Waals surface area contributed by atoms with Crippen LogP contribution in [0, 0.1) is 24.0 Å². The van der Waals surface area contributed by atoms with Crippen molar-refractivity contribution in [3.8, 4) is 22.8 Å². The van der Waals surface area contributed by atoms with Crippen molar-refractivity contribution in [2.45, 2.75) is 18.7 Å². The second-order valence-corrected chi connectivity index (χ2v) is 11.5. The van der Waals surface area contributed by atoms with Gasteiger partial charge in [0.2, 0.25) is 5.88 Å². The summed E-state index contributed by atoms with van der Waals surface area (Å²) in [5.41, 5.74) is 2.97. The van der Waals surface area contributed by atoms with Crippen LogP contribution in [0.3, 0.4) is 0 Å². The fourth-order valence-corrected chi connectivity index (χ4v) is 5.42. The lowest BCUT2D eigenvalue weighted by Gasteiger charge is -2.37. The quantitative estimate of drug-likeness (QED) is 0.321. The molecule has 1 aliphatic heterocycles. The van der Waals surface area contributed by atoms with Crippen LogP contribution in [0.25, 0.3) is 22.0 Å². The van der Waals surface area contributed by atoms with E-state index in [1.165, 1.54) is 13.4 Å². The van der Waals surface area contributed by atoms with E-state index in [4.69, 9.17) is 14.2 Å². The number of pyridine rings is 1. The van der Waals surface area contributed by atoms with Gasteiger partial charge in [-0.05, 0) is 48.7 Å². The number of nitrogens with zero attached hydrogens (tertiary/aromatic N) is 3. The molecule has 0 spiro atoms. The maximum Gasteiger partial charge on any atom is 0.238 e. The fraction of sp³-hybridized carbons (Fsp3) is 0.259. The Kier molecular flexibility index (Phi) is 6.66. The normalized spacial score (nSPS) is 15.9. The molecular weight excluding hydrogens is 514 g/mol. The van der Waals surface area contributed by atoms with Gasteiger partial charge in [-0.15, -0.1) is 0 Å². The second-order valence-electron chi connectivity index (χ2n) is 9.55. The first kappa shape index (κ1) is 25.8. The number of rotatable bonds is 8. The smallest absolute Gasteiger partial charge is 0.238 e. The molecule has 0 saturated carbocycles. The largest absolute Gasteiger partial charge is 0.491 e. The summed E-state index contributed by atoms with van der Waals surface area (Å²) < 4.78 is 60.8. The summed E-state index contributed by atoms with van der Waals surface area (Å²) in [4.78, 5) is 12.8. The third kappa shape index (κ3) is 4.99. The number of anilines is 1. The Bertz CT molecular complexity index is 1640. The Hall–Kier alpha value is -3.83. The van der Waals surface area contributed by atoms with Gasteiger partial charge in [0.25, 0.3) is 0 Å². The second kappa shape index (κ2) is 9.80. The van der Waals surface area contributed by atoms with Gasteiger partial charge in [-0.25, -0.2) is 27.9 Å². The highest BCUT2D eigenvalue weighted by Crippen LogP contribution is 2.37. The summed E-state index contributed by atoms with van der Waals surface area (Å²) in [5, 5.41) is 0.801. The van der Waals surface area contributed by atoms with E-state index in [1.807, 2.05) is 19.1 Å². The van der Waals surface area contributed by atoms with E-state index >= 15 is 0 Å². The van der Waals surface area contributed by atoms with E-state index in [-0.39, 0.29) is 21.9 Å². The Morgan fingerprint density at radius 2 is 1.92 bits per heavy atom. The van der Waals surface area contributed by atoms with E-state index < -0.39 is 21.3 Å². The first-order valence-electron chi connectivity index (χ1n) is 11.7. The van der Waals surface area contributed by atoms with Crippen LogP contribution >= 0.6 is 0 Å². The van der Waals surface area contributed by atoms with E-state index in [2.05, 4.69) is 32.5 Å². The van der Waals surface area contributed by atoms with E-state index in [0.29, 0.717) is 42.7 Å². The monoisotopic (exact) mass is 540 g/mol. The number of halogens is 2. The number of aromatic nitrogens is 3. The fourth-order valence-electron chi connectivity index (χ4n) is 4.14. The van der Waals surface area contributed by atoms with Crippen LogP contribution < -0.4 is 14.2 Å². The van der Waals surface area contributed by atoms with Crippen LogP contribution in [-0.4, -0.2) is 52.0 Å². The minimum Gasteiger partial charge on any atom is -0.491 e. The van der Waals surface area contributed by atoms with Gasteiger partial charge in [0.15, 0.2) is 0 Å². The van der Waals surface area contributed by atoms with Gasteiger partial charge in [-0.2, -0.15) is 0 Å². The average molecular weight is 541 g/mol. The van der Waals surface area contributed by atoms with Crippen LogP contribution in [-0.2, 0) is 14.4 Å². The van der Waals surface area contributed by atoms with Crippen molar-refractivity contribution in [2.24, 2.45) is 5.41 Å². The molecule has 1 saturated heterocycles. The summed E-state index contributed by atoms with van der Waals surface area (Å²) in [6, 6.07) is 8.22. The minimum absolute atomic E-state index is 0.0762. The summed E-state index contributed by atoms with van der Waals surface area (Å²) in [6.07, 6.45) is 3.09. The van der Waals surface area contributed by atoms with Crippen molar-refractivity contribution in [1.29, 1.82) is 0 Å². The average Bonchev–Trinajstić information content (AvgIpc) is 2.86. The standard InChI is InChI=1S/C27H26F2N4O4S/c1-16-20-7-17(9-23(25(20)32-15-31-16)37-14-27(2)12-36-13-27)18-8-22(26(35-3)30-11-18)33-38(4,34)24-6-5-19(28)10-21(24)29/h5-11,15H,4,12-14H2,1-3H3,(H,33,34). The van der Waals surface area contributed by atoms with Crippen LogP contribution in [0.2, 0.25) is 0 Å². The van der Waals surface area contributed by atoms with E-state index in [9.17, 15) is 13.0 Å². The highest BCUT2D eigenvalue weighted by Gasteiger charge is 2.34. The van der Waals surface area contributed by atoms with Gasteiger partial charge in [-0.3, -0.25) is 0 Å². The molecule has 0 bridgehead atoms. The predicted molar refractivity (Wildman–Crippen MR) is 142 cm³/mol. The first-order chi connectivity index (χ1) is 18.1. The predicted octanol–water partition coefficient (Wildman–Crippen LogP) is 4.80. The number of hydrogen-bond donors (Lipinski definition) is 1. The Labute approximate surface area is 219 Å². The summed E-state index contributed by atoms with van der Waals surface area (Å²) in [5.74, 6) is 2.61. The van der Waals surface area contributed by atoms with Crippen LogP contribution in [0.1, 0.15) is 12.6 Å². The number of benzene rings is 2. The molecule has 38 heavy (non-hydrogen) atoms. The van der Waals surface area contributed by atoms with E-state index in [1.54, 1.807) is 12.3 Å². The van der Waals surface area contributed by atoms with Crippen LogP contribution in [0.5, 0.6) is 11.6 Å². The zero-order valence-corrected chi connectivity index (χ0v) is 21.9. The Morgan fingerprint density at radius 1 is 1.13 bits per heavy atom. The molecular formula is C27H26F2N4O4S. The Morgan fingerprint density at radius 3 is 2.61 bits per heavy atom. The zero-order chi connectivity index (χ0) is 27.1. The van der Waals surface area contributed by atoms with Gasteiger partial charge >= 0.3 is 0 Å². The zero-order valence-electron chi connectivity index (χ0n) is 21.1. The lowest BCUT2D eigenvalue weighted by atomic mass is 9.90. The van der Waals surface area contributed by atoms with Crippen molar-refractivity contribution < 1.29 is 27.2 Å². The highest BCUT2D eigenvalue weighted by molar-refractivity contribution is 8.01. The molecule has 198 valence electrons. The highest BCUT2D eigenvalue weighted by atomic mass is 32.2. The van der Waals surface area contributed by atoms with Crippen LogP contribution in [0.4, 0.5) is 14.5 Å². The maximum absolute atomic E-state index is 14.4. The number of hydrogen-bond acceptors (Lipinski definition) is 7. The third-order valence-corrected chi connectivity index (χ3v) is 7.87. The topological polar surface area (TPSA) is 95.5 Å². The molecule has 0 radical (unpaired) electrons. The lowest BCUT2D eigenvalue weighted by molar-refractivity contribution is -0.120. The molecule has 5 rings (SSSR count). The first-order valence-corrected chi connectivity index (χ1v) is 13.4. The van der Waals surface area contributed by atoms with Gasteiger partial charge < -0.3 is 18.9 Å². The molecule has 0 aliphatic carbocycles. The molecule has 4 aromatic rings. The molecule has 1 atom stereocenters. The number of nitrogens with one attached hydrogen (secondary N) is 1. The van der Waals surface area contributed by atoms with Gasteiger partial charge in [-0.1, -0.05) is 6.92 Å². The number of aryl methyl sites for hydroxylation is 1. The minimum atomic E-state index is -3.43. The molecule has 2 aromatic heterocycles. The molecule has 1 fully saturated rings. The Balaban J connectivity index is 1.56. The number of fused-ring (bicyclic) bond motifs is 1. The van der Waals surface area contributed by atoms with Crippen molar-refractivity contribution in [1.82, 2.24) is 15.0 Å². The molecule has 0 amide bonds. The van der Waals surface area contributed by atoms with Gasteiger partial charge in [0.05, 0.1) is 41.5 Å². The molecule has 1 N–H and O–H groups in total. The SMILES string of the molecule is C=S(=O)(Nc1cc(-c2cc(OCC3(C)COC3)c3ncnc(C)c3c2)cnc1OC)c1ccc(F)cc1F. The lowest BCUT2D eigenvalue weighted by Crippen LogP contribution is -2.44. The summed E-state index contributed by atoms with van der Waals surface area (Å²) in [6.45, 7) is 5.67. The van der Waals surface area contributed by atoms with Crippen molar-refractivity contribution >= 4 is 32.2 Å². The number of methoxy groups -OCH3 is 1.